The Balaban J connectivity index is 2.24. The van der Waals surface area contributed by atoms with E-state index in [1.807, 2.05) is 17.0 Å². The summed E-state index contributed by atoms with van der Waals surface area (Å²) in [5.74, 6) is -0.0400. The maximum Gasteiger partial charge on any atom is 0.242 e. The molecule has 0 spiro atoms. The zero-order chi connectivity index (χ0) is 13.9. The van der Waals surface area contributed by atoms with Gasteiger partial charge >= 0.3 is 0 Å². The van der Waals surface area contributed by atoms with Crippen molar-refractivity contribution in [3.63, 3.8) is 0 Å². The predicted molar refractivity (Wildman–Crippen MR) is 72.4 cm³/mol. The highest BCUT2D eigenvalue weighted by molar-refractivity contribution is 5.83. The van der Waals surface area contributed by atoms with Gasteiger partial charge in [-0.05, 0) is 44.5 Å². The number of nitrogens with one attached hydrogen (secondary N) is 1. The molecule has 0 aromatic carbocycles. The molecule has 1 aliphatic rings. The molecule has 5 heteroatoms. The SMILES string of the molecule is CC1(C)CCNC(CO)C(=O)N1Cc1ccncc1. The molecule has 1 fully saturated rings. The van der Waals surface area contributed by atoms with E-state index in [9.17, 15) is 9.90 Å². The molecule has 1 aromatic heterocycles. The summed E-state index contributed by atoms with van der Waals surface area (Å²) in [6.07, 6.45) is 4.32. The number of amides is 1. The smallest absolute Gasteiger partial charge is 0.242 e. The molecule has 1 amide bonds. The van der Waals surface area contributed by atoms with Gasteiger partial charge in [-0.3, -0.25) is 9.78 Å². The van der Waals surface area contributed by atoms with Crippen molar-refractivity contribution >= 4 is 5.91 Å². The Morgan fingerprint density at radius 2 is 2.16 bits per heavy atom. The minimum absolute atomic E-state index is 0.0400. The average Bonchev–Trinajstić information content (AvgIpc) is 2.50. The summed E-state index contributed by atoms with van der Waals surface area (Å²) in [4.78, 5) is 18.3. The number of aliphatic hydroxyl groups is 1. The van der Waals surface area contributed by atoms with Crippen LogP contribution < -0.4 is 5.32 Å². The molecule has 1 saturated heterocycles. The summed E-state index contributed by atoms with van der Waals surface area (Å²) < 4.78 is 0. The van der Waals surface area contributed by atoms with Crippen molar-refractivity contribution < 1.29 is 9.90 Å². The van der Waals surface area contributed by atoms with Gasteiger partial charge in [0.05, 0.1) is 6.61 Å². The van der Waals surface area contributed by atoms with E-state index < -0.39 is 6.04 Å². The van der Waals surface area contributed by atoms with Gasteiger partial charge in [0.15, 0.2) is 0 Å². The summed E-state index contributed by atoms with van der Waals surface area (Å²) >= 11 is 0. The van der Waals surface area contributed by atoms with Crippen LogP contribution in [0, 0.1) is 0 Å². The second kappa shape index (κ2) is 5.67. The van der Waals surface area contributed by atoms with Crippen LogP contribution in [-0.4, -0.2) is 45.6 Å². The van der Waals surface area contributed by atoms with E-state index >= 15 is 0 Å². The second-order valence-corrected chi connectivity index (χ2v) is 5.53. The lowest BCUT2D eigenvalue weighted by molar-refractivity contribution is -0.139. The number of nitrogens with zero attached hydrogens (tertiary/aromatic N) is 2. The summed E-state index contributed by atoms with van der Waals surface area (Å²) in [5.41, 5.74) is 0.826. The number of rotatable bonds is 3. The number of aliphatic hydroxyl groups excluding tert-OH is 1. The van der Waals surface area contributed by atoms with Crippen LogP contribution in [0.5, 0.6) is 0 Å². The van der Waals surface area contributed by atoms with Crippen molar-refractivity contribution in [1.29, 1.82) is 0 Å². The minimum Gasteiger partial charge on any atom is -0.394 e. The fraction of sp³-hybridized carbons (Fsp3) is 0.571. The number of carbonyl (C=O) groups is 1. The minimum atomic E-state index is -0.497. The molecule has 0 aliphatic carbocycles. The van der Waals surface area contributed by atoms with Gasteiger partial charge in [0, 0.05) is 24.5 Å². The number of aromatic nitrogens is 1. The first kappa shape index (κ1) is 14.0. The highest BCUT2D eigenvalue weighted by atomic mass is 16.3. The number of hydrogen-bond acceptors (Lipinski definition) is 4. The Hall–Kier alpha value is -1.46. The fourth-order valence-electron chi connectivity index (χ4n) is 2.37. The van der Waals surface area contributed by atoms with Crippen molar-refractivity contribution in [2.45, 2.75) is 38.4 Å². The lowest BCUT2D eigenvalue weighted by atomic mass is 9.97. The lowest BCUT2D eigenvalue weighted by Gasteiger charge is -2.38. The molecule has 19 heavy (non-hydrogen) atoms. The largest absolute Gasteiger partial charge is 0.394 e. The Labute approximate surface area is 113 Å². The van der Waals surface area contributed by atoms with Crippen LogP contribution in [0.3, 0.4) is 0 Å². The van der Waals surface area contributed by atoms with E-state index in [0.717, 1.165) is 18.5 Å². The third-order valence-electron chi connectivity index (χ3n) is 3.69. The first-order chi connectivity index (χ1) is 9.04. The number of hydrogen-bond donors (Lipinski definition) is 2. The Bertz CT molecular complexity index is 434. The van der Waals surface area contributed by atoms with Crippen LogP contribution in [0.4, 0.5) is 0 Å². The van der Waals surface area contributed by atoms with Crippen LogP contribution >= 0.6 is 0 Å². The molecule has 104 valence electrons. The van der Waals surface area contributed by atoms with Gasteiger partial charge in [0.2, 0.25) is 5.91 Å². The Morgan fingerprint density at radius 1 is 1.47 bits per heavy atom. The second-order valence-electron chi connectivity index (χ2n) is 5.53. The van der Waals surface area contributed by atoms with Crippen LogP contribution in [0.2, 0.25) is 0 Å². The first-order valence-electron chi connectivity index (χ1n) is 6.59. The standard InChI is InChI=1S/C14H21N3O2/c1-14(2)5-8-16-12(10-18)13(19)17(14)9-11-3-6-15-7-4-11/h3-4,6-7,12,16,18H,5,8-10H2,1-2H3. The van der Waals surface area contributed by atoms with Crippen molar-refractivity contribution in [2.75, 3.05) is 13.2 Å². The highest BCUT2D eigenvalue weighted by Crippen LogP contribution is 2.24. The lowest BCUT2D eigenvalue weighted by Crippen LogP contribution is -2.51. The first-order valence-corrected chi connectivity index (χ1v) is 6.59. The summed E-state index contributed by atoms with van der Waals surface area (Å²) in [6, 6.07) is 3.33. The summed E-state index contributed by atoms with van der Waals surface area (Å²) in [7, 11) is 0. The molecular weight excluding hydrogens is 242 g/mol. The molecule has 0 bridgehead atoms. The zero-order valence-corrected chi connectivity index (χ0v) is 11.5. The maximum atomic E-state index is 12.5. The third kappa shape index (κ3) is 3.11. The Kier molecular flexibility index (Phi) is 4.17. The molecule has 1 atom stereocenters. The molecule has 2 N–H and O–H groups in total. The van der Waals surface area contributed by atoms with Gasteiger partial charge in [-0.15, -0.1) is 0 Å². The van der Waals surface area contributed by atoms with Gasteiger partial charge < -0.3 is 15.3 Å². The summed E-state index contributed by atoms with van der Waals surface area (Å²) in [6.45, 7) is 5.24. The fourth-order valence-corrected chi connectivity index (χ4v) is 2.37. The Morgan fingerprint density at radius 3 is 2.79 bits per heavy atom. The number of pyridine rings is 1. The predicted octanol–water partition coefficient (Wildman–Crippen LogP) is 0.543. The van der Waals surface area contributed by atoms with Gasteiger partial charge in [-0.25, -0.2) is 0 Å². The number of carbonyl (C=O) groups excluding carboxylic acids is 1. The van der Waals surface area contributed by atoms with Crippen LogP contribution in [0.25, 0.3) is 0 Å². The zero-order valence-electron chi connectivity index (χ0n) is 11.5. The third-order valence-corrected chi connectivity index (χ3v) is 3.69. The van der Waals surface area contributed by atoms with E-state index in [-0.39, 0.29) is 18.1 Å². The van der Waals surface area contributed by atoms with Gasteiger partial charge in [0.1, 0.15) is 6.04 Å². The van der Waals surface area contributed by atoms with Gasteiger partial charge in [-0.2, -0.15) is 0 Å². The van der Waals surface area contributed by atoms with Crippen molar-refractivity contribution in [1.82, 2.24) is 15.2 Å². The van der Waals surface area contributed by atoms with Crippen LogP contribution in [0.15, 0.2) is 24.5 Å². The van der Waals surface area contributed by atoms with Crippen molar-refractivity contribution in [2.24, 2.45) is 0 Å². The molecule has 5 nitrogen and oxygen atoms in total. The monoisotopic (exact) mass is 263 g/mol. The normalized spacial score (nSPS) is 23.2. The molecule has 1 aromatic rings. The molecule has 0 saturated carbocycles. The molecule has 1 aliphatic heterocycles. The highest BCUT2D eigenvalue weighted by Gasteiger charge is 2.37. The van der Waals surface area contributed by atoms with Crippen molar-refractivity contribution in [3.05, 3.63) is 30.1 Å². The van der Waals surface area contributed by atoms with E-state index in [1.54, 1.807) is 12.4 Å². The summed E-state index contributed by atoms with van der Waals surface area (Å²) in [5, 5.41) is 12.4. The van der Waals surface area contributed by atoms with Crippen LogP contribution in [0.1, 0.15) is 25.8 Å². The maximum absolute atomic E-state index is 12.5. The van der Waals surface area contributed by atoms with Crippen molar-refractivity contribution in [3.8, 4) is 0 Å². The molecule has 0 radical (unpaired) electrons. The topological polar surface area (TPSA) is 65.5 Å². The molecule has 1 unspecified atom stereocenters. The van der Waals surface area contributed by atoms with E-state index in [0.29, 0.717) is 6.54 Å². The quantitative estimate of drug-likeness (QED) is 0.835. The van der Waals surface area contributed by atoms with Gasteiger partial charge in [-0.1, -0.05) is 0 Å². The van der Waals surface area contributed by atoms with E-state index in [1.165, 1.54) is 0 Å². The van der Waals surface area contributed by atoms with E-state index in [4.69, 9.17) is 0 Å². The molecular formula is C14H21N3O2. The van der Waals surface area contributed by atoms with Crippen LogP contribution in [-0.2, 0) is 11.3 Å². The van der Waals surface area contributed by atoms with Gasteiger partial charge in [0.25, 0.3) is 0 Å². The average molecular weight is 263 g/mol. The van der Waals surface area contributed by atoms with E-state index in [2.05, 4.69) is 24.1 Å². The molecule has 2 heterocycles. The molecule has 2 rings (SSSR count).